The molecule has 0 unspecified atom stereocenters. The molecule has 0 saturated heterocycles. The number of benzene rings is 1. The van der Waals surface area contributed by atoms with E-state index in [1.54, 1.807) is 0 Å². The first kappa shape index (κ1) is 15.7. The molecule has 110 valence electrons. The number of nitro groups is 1. The molecule has 1 aromatic rings. The molecule has 0 bridgehead atoms. The molecule has 0 spiro atoms. The molecular weight excluding hydrogens is 281 g/mol. The van der Waals surface area contributed by atoms with Crippen LogP contribution in [0.25, 0.3) is 0 Å². The lowest BCUT2D eigenvalue weighted by molar-refractivity contribution is -0.385. The Kier molecular flexibility index (Phi) is 4.53. The SMILES string of the molecule is Cc1cc(N(CC(=O)O)CC(F)(F)F)ccc1[N+](=O)[O-]. The van der Waals surface area contributed by atoms with E-state index in [2.05, 4.69) is 0 Å². The smallest absolute Gasteiger partial charge is 0.405 e. The van der Waals surface area contributed by atoms with Crippen LogP contribution in [0.2, 0.25) is 0 Å². The summed E-state index contributed by atoms with van der Waals surface area (Å²) in [6.07, 6.45) is -4.58. The Balaban J connectivity index is 3.10. The number of rotatable bonds is 5. The van der Waals surface area contributed by atoms with Crippen LogP contribution >= 0.6 is 0 Å². The number of alkyl halides is 3. The van der Waals surface area contributed by atoms with Gasteiger partial charge < -0.3 is 10.0 Å². The highest BCUT2D eigenvalue weighted by Crippen LogP contribution is 2.26. The highest BCUT2D eigenvalue weighted by atomic mass is 19.4. The van der Waals surface area contributed by atoms with E-state index in [1.807, 2.05) is 0 Å². The Morgan fingerprint density at radius 3 is 2.45 bits per heavy atom. The average Bonchev–Trinajstić information content (AvgIpc) is 2.24. The number of hydrogen-bond donors (Lipinski definition) is 1. The summed E-state index contributed by atoms with van der Waals surface area (Å²) < 4.78 is 37.2. The van der Waals surface area contributed by atoms with Crippen LogP contribution in [0.1, 0.15) is 5.56 Å². The maximum Gasteiger partial charge on any atom is 0.405 e. The number of aryl methyl sites for hydroxylation is 1. The maximum atomic E-state index is 12.4. The Bertz CT molecular complexity index is 531. The lowest BCUT2D eigenvalue weighted by Crippen LogP contribution is -2.38. The van der Waals surface area contributed by atoms with Gasteiger partial charge in [-0.1, -0.05) is 0 Å². The van der Waals surface area contributed by atoms with E-state index in [0.717, 1.165) is 18.2 Å². The zero-order chi connectivity index (χ0) is 15.5. The summed E-state index contributed by atoms with van der Waals surface area (Å²) >= 11 is 0. The molecule has 0 saturated carbocycles. The lowest BCUT2D eigenvalue weighted by atomic mass is 10.1. The summed E-state index contributed by atoms with van der Waals surface area (Å²) in [5, 5.41) is 19.3. The van der Waals surface area contributed by atoms with Crippen LogP contribution in [0.5, 0.6) is 0 Å². The Labute approximate surface area is 111 Å². The van der Waals surface area contributed by atoms with Crippen LogP contribution in [0, 0.1) is 17.0 Å². The zero-order valence-electron chi connectivity index (χ0n) is 10.3. The van der Waals surface area contributed by atoms with Crippen LogP contribution in [-0.2, 0) is 4.79 Å². The molecule has 1 aromatic carbocycles. The van der Waals surface area contributed by atoms with Gasteiger partial charge in [-0.2, -0.15) is 13.2 Å². The van der Waals surface area contributed by atoms with Crippen LogP contribution in [0.3, 0.4) is 0 Å². The van der Waals surface area contributed by atoms with E-state index >= 15 is 0 Å². The number of aliphatic carboxylic acids is 1. The number of halogens is 3. The largest absolute Gasteiger partial charge is 0.480 e. The summed E-state index contributed by atoms with van der Waals surface area (Å²) in [4.78, 5) is 21.2. The Morgan fingerprint density at radius 2 is 2.05 bits per heavy atom. The Morgan fingerprint density at radius 1 is 1.45 bits per heavy atom. The van der Waals surface area contributed by atoms with Crippen LogP contribution in [0.4, 0.5) is 24.5 Å². The second kappa shape index (κ2) is 5.76. The topological polar surface area (TPSA) is 83.7 Å². The fourth-order valence-electron chi connectivity index (χ4n) is 1.66. The molecule has 9 heteroatoms. The van der Waals surface area contributed by atoms with Crippen molar-refractivity contribution in [3.05, 3.63) is 33.9 Å². The molecule has 0 radical (unpaired) electrons. The summed E-state index contributed by atoms with van der Waals surface area (Å²) in [7, 11) is 0. The van der Waals surface area contributed by atoms with Gasteiger partial charge in [0, 0.05) is 17.3 Å². The van der Waals surface area contributed by atoms with Gasteiger partial charge in [0.15, 0.2) is 0 Å². The fraction of sp³-hybridized carbons (Fsp3) is 0.364. The first-order valence-electron chi connectivity index (χ1n) is 5.38. The van der Waals surface area contributed by atoms with Gasteiger partial charge >= 0.3 is 12.1 Å². The van der Waals surface area contributed by atoms with E-state index < -0.39 is 30.2 Å². The summed E-state index contributed by atoms with van der Waals surface area (Å²) in [5.41, 5.74) is -0.117. The van der Waals surface area contributed by atoms with Crippen LogP contribution < -0.4 is 4.90 Å². The minimum Gasteiger partial charge on any atom is -0.480 e. The van der Waals surface area contributed by atoms with Crippen molar-refractivity contribution in [3.63, 3.8) is 0 Å². The average molecular weight is 292 g/mol. The predicted molar refractivity (Wildman–Crippen MR) is 63.7 cm³/mol. The molecule has 1 N–H and O–H groups in total. The van der Waals surface area contributed by atoms with E-state index in [9.17, 15) is 28.1 Å². The number of nitrogens with zero attached hydrogens (tertiary/aromatic N) is 2. The van der Waals surface area contributed by atoms with Crippen LogP contribution in [-0.4, -0.2) is 35.3 Å². The molecule has 0 atom stereocenters. The molecule has 6 nitrogen and oxygen atoms in total. The highest BCUT2D eigenvalue weighted by molar-refractivity contribution is 5.74. The zero-order valence-corrected chi connectivity index (χ0v) is 10.3. The third kappa shape index (κ3) is 4.41. The standard InChI is InChI=1S/C11H11F3N2O4/c1-7-4-8(2-3-9(7)16(19)20)15(5-10(17)18)6-11(12,13)14/h2-4H,5-6H2,1H3,(H,17,18). The molecule has 0 aliphatic carbocycles. The van der Waals surface area contributed by atoms with Gasteiger partial charge in [-0.25, -0.2) is 0 Å². The van der Waals surface area contributed by atoms with Crippen molar-refractivity contribution in [2.75, 3.05) is 18.0 Å². The van der Waals surface area contributed by atoms with E-state index in [-0.39, 0.29) is 16.9 Å². The molecule has 1 rings (SSSR count). The number of carboxylic acids is 1. The van der Waals surface area contributed by atoms with Gasteiger partial charge in [-0.05, 0) is 19.1 Å². The van der Waals surface area contributed by atoms with Gasteiger partial charge in [0.2, 0.25) is 0 Å². The van der Waals surface area contributed by atoms with Crippen molar-refractivity contribution in [3.8, 4) is 0 Å². The predicted octanol–water partition coefficient (Wildman–Crippen LogP) is 2.36. The first-order chi connectivity index (χ1) is 9.10. The molecule has 0 amide bonds. The minimum atomic E-state index is -4.58. The fourth-order valence-corrected chi connectivity index (χ4v) is 1.66. The number of carboxylic acid groups (broad SMARTS) is 1. The highest BCUT2D eigenvalue weighted by Gasteiger charge is 2.32. The summed E-state index contributed by atoms with van der Waals surface area (Å²) in [6, 6.07) is 3.31. The molecule has 0 aromatic heterocycles. The summed E-state index contributed by atoms with van der Waals surface area (Å²) in [6.45, 7) is -0.929. The van der Waals surface area contributed by atoms with Gasteiger partial charge in [0.1, 0.15) is 13.1 Å². The number of hydrogen-bond acceptors (Lipinski definition) is 4. The molecule has 0 fully saturated rings. The van der Waals surface area contributed by atoms with Crippen molar-refractivity contribution in [1.82, 2.24) is 0 Å². The van der Waals surface area contributed by atoms with Crippen molar-refractivity contribution in [1.29, 1.82) is 0 Å². The molecule has 0 heterocycles. The maximum absolute atomic E-state index is 12.4. The van der Waals surface area contributed by atoms with E-state index in [1.165, 1.54) is 6.92 Å². The summed E-state index contributed by atoms with van der Waals surface area (Å²) in [5.74, 6) is -1.43. The van der Waals surface area contributed by atoms with Gasteiger partial charge in [-0.3, -0.25) is 14.9 Å². The van der Waals surface area contributed by atoms with Crippen molar-refractivity contribution >= 4 is 17.3 Å². The lowest BCUT2D eigenvalue weighted by Gasteiger charge is -2.24. The third-order valence-corrected chi connectivity index (χ3v) is 2.44. The van der Waals surface area contributed by atoms with Crippen molar-refractivity contribution in [2.45, 2.75) is 13.1 Å². The molecular formula is C11H11F3N2O4. The molecule has 0 aliphatic heterocycles. The van der Waals surface area contributed by atoms with Crippen molar-refractivity contribution < 1.29 is 28.0 Å². The van der Waals surface area contributed by atoms with E-state index in [0.29, 0.717) is 4.90 Å². The second-order valence-corrected chi connectivity index (χ2v) is 4.09. The van der Waals surface area contributed by atoms with Gasteiger partial charge in [-0.15, -0.1) is 0 Å². The first-order valence-corrected chi connectivity index (χ1v) is 5.38. The molecule has 0 aliphatic rings. The molecule has 20 heavy (non-hydrogen) atoms. The normalized spacial score (nSPS) is 11.2. The number of nitro benzene ring substituents is 1. The van der Waals surface area contributed by atoms with Gasteiger partial charge in [0.05, 0.1) is 4.92 Å². The van der Waals surface area contributed by atoms with Crippen LogP contribution in [0.15, 0.2) is 18.2 Å². The Hall–Kier alpha value is -2.32. The quantitative estimate of drug-likeness (QED) is 0.665. The third-order valence-electron chi connectivity index (χ3n) is 2.44. The monoisotopic (exact) mass is 292 g/mol. The minimum absolute atomic E-state index is 0.0344. The van der Waals surface area contributed by atoms with Crippen molar-refractivity contribution in [2.24, 2.45) is 0 Å². The van der Waals surface area contributed by atoms with Gasteiger partial charge in [0.25, 0.3) is 5.69 Å². The van der Waals surface area contributed by atoms with E-state index in [4.69, 9.17) is 5.11 Å². The second-order valence-electron chi connectivity index (χ2n) is 4.09. The number of anilines is 1. The number of carbonyl (C=O) groups is 1.